The van der Waals surface area contributed by atoms with Crippen molar-refractivity contribution in [2.45, 2.75) is 99.3 Å². The average molecular weight is 771 g/mol. The molecule has 1 radical (unpaired) electrons. The van der Waals surface area contributed by atoms with Gasteiger partial charge in [-0.1, -0.05) is 103 Å². The fourth-order valence-electron chi connectivity index (χ4n) is 6.37. The summed E-state index contributed by atoms with van der Waals surface area (Å²) in [6.07, 6.45) is 12.1. The smallest absolute Gasteiger partial charge is 0.162 e. The van der Waals surface area contributed by atoms with Crippen molar-refractivity contribution in [1.82, 2.24) is 4.98 Å². The van der Waals surface area contributed by atoms with Crippen LogP contribution >= 0.6 is 0 Å². The van der Waals surface area contributed by atoms with Crippen LogP contribution in [0.3, 0.4) is 0 Å². The van der Waals surface area contributed by atoms with Crippen LogP contribution in [0.2, 0.25) is 0 Å². The summed E-state index contributed by atoms with van der Waals surface area (Å²) in [6.45, 7) is 10.5. The fraction of sp³-hybridized carbons (Fsp3) is 0.450. The van der Waals surface area contributed by atoms with Gasteiger partial charge in [0.05, 0.1) is 5.76 Å². The van der Waals surface area contributed by atoms with Crippen molar-refractivity contribution >= 4 is 27.3 Å². The van der Waals surface area contributed by atoms with E-state index in [1.807, 2.05) is 40.0 Å². The molecule has 3 aromatic carbocycles. The second-order valence-electron chi connectivity index (χ2n) is 12.0. The number of aliphatic hydroxyl groups excluding tert-OH is 1. The summed E-state index contributed by atoms with van der Waals surface area (Å²) in [5.41, 5.74) is 3.63. The van der Waals surface area contributed by atoms with E-state index in [-0.39, 0.29) is 50.9 Å². The molecule has 4 aromatic rings. The van der Waals surface area contributed by atoms with Gasteiger partial charge in [0.1, 0.15) is 0 Å². The molecule has 1 aromatic heterocycles. The summed E-state index contributed by atoms with van der Waals surface area (Å²) in [4.78, 5) is 16.5. The zero-order valence-corrected chi connectivity index (χ0v) is 28.9. The number of carbonyl (C=O) groups excluding carboxylic acids is 1. The number of pyridine rings is 1. The van der Waals surface area contributed by atoms with Crippen LogP contribution in [0.15, 0.2) is 78.7 Å². The van der Waals surface area contributed by atoms with Crippen molar-refractivity contribution in [3.63, 3.8) is 0 Å². The first kappa shape index (κ1) is 37.4. The van der Waals surface area contributed by atoms with E-state index in [1.165, 1.54) is 58.9 Å². The van der Waals surface area contributed by atoms with E-state index in [0.29, 0.717) is 5.92 Å². The molecule has 44 heavy (non-hydrogen) atoms. The average Bonchev–Trinajstić information content (AvgIpc) is 3.02. The molecule has 0 spiro atoms. The number of hydrogen-bond donors (Lipinski definition) is 1. The van der Waals surface area contributed by atoms with E-state index >= 15 is 0 Å². The second kappa shape index (κ2) is 18.2. The Morgan fingerprint density at radius 1 is 0.886 bits per heavy atom. The number of allylic oxidation sites excluding steroid dienone is 2. The SMILES string of the molecule is C.CC1CCC(c2ccc3ccnc(-c4[c-]ccc5ccccc45)c3c2)CC1.CCC(CC)C(=O)C=C(O)C(CC)CC.[Ir]. The maximum absolute atomic E-state index is 11.7. The molecule has 0 aliphatic heterocycles. The molecule has 0 atom stereocenters. The van der Waals surface area contributed by atoms with Crippen LogP contribution < -0.4 is 0 Å². The van der Waals surface area contributed by atoms with Crippen LogP contribution in [0.25, 0.3) is 32.8 Å². The van der Waals surface area contributed by atoms with E-state index in [0.717, 1.165) is 42.9 Å². The van der Waals surface area contributed by atoms with Crippen LogP contribution in [-0.4, -0.2) is 15.9 Å². The van der Waals surface area contributed by atoms with Crippen LogP contribution in [0.1, 0.15) is 105 Å². The van der Waals surface area contributed by atoms with Gasteiger partial charge in [0.15, 0.2) is 5.78 Å². The predicted molar refractivity (Wildman–Crippen MR) is 184 cm³/mol. The molecule has 0 bridgehead atoms. The molecule has 239 valence electrons. The van der Waals surface area contributed by atoms with Gasteiger partial charge in [0.25, 0.3) is 0 Å². The van der Waals surface area contributed by atoms with Crippen molar-refractivity contribution < 1.29 is 30.0 Å². The number of rotatable bonds is 9. The van der Waals surface area contributed by atoms with Gasteiger partial charge in [-0.15, -0.1) is 29.1 Å². The zero-order valence-electron chi connectivity index (χ0n) is 26.5. The Kier molecular flexibility index (Phi) is 15.5. The summed E-state index contributed by atoms with van der Waals surface area (Å²) in [5, 5.41) is 14.7. The summed E-state index contributed by atoms with van der Waals surface area (Å²) < 4.78 is 0. The molecule has 1 fully saturated rings. The number of aliphatic hydroxyl groups is 1. The van der Waals surface area contributed by atoms with Crippen molar-refractivity contribution in [2.24, 2.45) is 17.8 Å². The van der Waals surface area contributed by atoms with E-state index < -0.39 is 0 Å². The maximum Gasteiger partial charge on any atom is 0.162 e. The molecule has 3 nitrogen and oxygen atoms in total. The number of hydrogen-bond acceptors (Lipinski definition) is 3. The molecule has 0 unspecified atom stereocenters. The number of benzene rings is 3. The topological polar surface area (TPSA) is 50.2 Å². The van der Waals surface area contributed by atoms with Gasteiger partial charge in [0, 0.05) is 44.2 Å². The Labute approximate surface area is 279 Å². The van der Waals surface area contributed by atoms with E-state index in [4.69, 9.17) is 4.98 Å². The first-order valence-electron chi connectivity index (χ1n) is 16.1. The zero-order chi connectivity index (χ0) is 30.1. The molecule has 5 rings (SSSR count). The summed E-state index contributed by atoms with van der Waals surface area (Å²) in [6, 6.07) is 25.3. The van der Waals surface area contributed by atoms with Gasteiger partial charge < -0.3 is 10.1 Å². The molecule has 1 N–H and O–H groups in total. The molecular weight excluding hydrogens is 719 g/mol. The van der Waals surface area contributed by atoms with Gasteiger partial charge >= 0.3 is 0 Å². The number of ketones is 1. The monoisotopic (exact) mass is 771 g/mol. The third kappa shape index (κ3) is 9.11. The van der Waals surface area contributed by atoms with E-state index in [1.54, 1.807) is 0 Å². The van der Waals surface area contributed by atoms with Crippen molar-refractivity contribution in [3.05, 3.63) is 90.3 Å². The summed E-state index contributed by atoms with van der Waals surface area (Å²) in [5.74, 6) is 2.12. The number of carbonyl (C=O) groups is 1. The Balaban J connectivity index is 0.000000346. The Bertz CT molecular complexity index is 1490. The Hall–Kier alpha value is -2.81. The van der Waals surface area contributed by atoms with Gasteiger partial charge in [-0.2, -0.15) is 0 Å². The van der Waals surface area contributed by atoms with E-state index in [2.05, 4.69) is 67.6 Å². The molecule has 1 aliphatic rings. The molecule has 1 saturated carbocycles. The molecule has 0 saturated heterocycles. The van der Waals surface area contributed by atoms with Crippen LogP contribution in [0, 0.1) is 23.8 Å². The Morgan fingerprint density at radius 3 is 2.18 bits per heavy atom. The van der Waals surface area contributed by atoms with Gasteiger partial charge in [-0.25, -0.2) is 0 Å². The van der Waals surface area contributed by atoms with Crippen molar-refractivity contribution in [3.8, 4) is 11.3 Å². The maximum atomic E-state index is 11.7. The molecule has 4 heteroatoms. The Morgan fingerprint density at radius 2 is 1.52 bits per heavy atom. The van der Waals surface area contributed by atoms with Crippen molar-refractivity contribution in [2.75, 3.05) is 0 Å². The second-order valence-corrected chi connectivity index (χ2v) is 12.0. The van der Waals surface area contributed by atoms with Crippen LogP contribution in [-0.2, 0) is 24.9 Å². The van der Waals surface area contributed by atoms with Crippen molar-refractivity contribution in [1.29, 1.82) is 0 Å². The number of fused-ring (bicyclic) bond motifs is 2. The first-order valence-corrected chi connectivity index (χ1v) is 16.1. The van der Waals surface area contributed by atoms with Gasteiger partial charge in [-0.05, 0) is 78.5 Å². The fourth-order valence-corrected chi connectivity index (χ4v) is 6.37. The minimum atomic E-state index is 0. The first-order chi connectivity index (χ1) is 20.4. The minimum Gasteiger partial charge on any atom is -0.512 e. The number of aromatic nitrogens is 1. The number of nitrogens with zero attached hydrogens (tertiary/aromatic N) is 1. The molecular formula is C40H52IrNO2-. The minimum absolute atomic E-state index is 0. The largest absolute Gasteiger partial charge is 0.512 e. The summed E-state index contributed by atoms with van der Waals surface area (Å²) in [7, 11) is 0. The van der Waals surface area contributed by atoms with Crippen LogP contribution in [0.4, 0.5) is 0 Å². The quantitative estimate of drug-likeness (QED) is 0.105. The molecule has 1 heterocycles. The van der Waals surface area contributed by atoms with Gasteiger partial charge in [0.2, 0.25) is 0 Å². The van der Waals surface area contributed by atoms with Crippen LogP contribution in [0.5, 0.6) is 0 Å². The predicted octanol–water partition coefficient (Wildman–Crippen LogP) is 11.7. The molecule has 1 aliphatic carbocycles. The third-order valence-corrected chi connectivity index (χ3v) is 9.32. The molecule has 0 amide bonds. The third-order valence-electron chi connectivity index (χ3n) is 9.32. The standard InChI is InChI=1S/C26H24N.C13H24O2.CH4.Ir/c1-18-9-11-19(12-10-18)22-14-13-21-15-16-27-26(25(21)17-22)24-8-4-6-20-5-2-3-7-23(20)24;1-5-10(6-2)12(14)9-13(15)11(7-3)8-4;;/h2-7,13-19H,9-12H2,1H3;9-11,14H,5-8H2,1-4H3;1H4;/q-1;;;. The van der Waals surface area contributed by atoms with Gasteiger partial charge in [-0.3, -0.25) is 4.79 Å². The normalized spacial score (nSPS) is 16.7. The summed E-state index contributed by atoms with van der Waals surface area (Å²) >= 11 is 0. The van der Waals surface area contributed by atoms with E-state index in [9.17, 15) is 9.90 Å².